The highest BCUT2D eigenvalue weighted by Gasteiger charge is 2.27. The summed E-state index contributed by atoms with van der Waals surface area (Å²) in [7, 11) is 0. The Morgan fingerprint density at radius 2 is 2.10 bits per heavy atom. The predicted molar refractivity (Wildman–Crippen MR) is 83.0 cm³/mol. The molecule has 2 aromatic rings. The second kappa shape index (κ2) is 5.54. The van der Waals surface area contributed by atoms with E-state index >= 15 is 0 Å². The summed E-state index contributed by atoms with van der Waals surface area (Å²) in [5.74, 6) is 6.18. The van der Waals surface area contributed by atoms with Crippen molar-refractivity contribution in [3.63, 3.8) is 0 Å². The molecule has 1 unspecified atom stereocenters. The van der Waals surface area contributed by atoms with Crippen LogP contribution in [0.3, 0.4) is 0 Å². The van der Waals surface area contributed by atoms with E-state index in [1.54, 1.807) is 18.2 Å². The normalized spacial score (nSPS) is 17.2. The van der Waals surface area contributed by atoms with Gasteiger partial charge >= 0.3 is 0 Å². The van der Waals surface area contributed by atoms with Gasteiger partial charge in [0, 0.05) is 12.2 Å². The Labute approximate surface area is 123 Å². The third-order valence-electron chi connectivity index (χ3n) is 3.71. The Morgan fingerprint density at radius 1 is 1.29 bits per heavy atom. The summed E-state index contributed by atoms with van der Waals surface area (Å²) < 4.78 is 0. The molecule has 1 amide bonds. The first-order chi connectivity index (χ1) is 10.2. The molecule has 3 N–H and O–H groups in total. The number of fused-ring (bicyclic) bond motifs is 1. The van der Waals surface area contributed by atoms with E-state index in [0.717, 1.165) is 12.1 Å². The highest BCUT2D eigenvalue weighted by atomic mass is 16.2. The van der Waals surface area contributed by atoms with Crippen LogP contribution in [0, 0.1) is 5.92 Å². The molecular weight excluding hydrogens is 264 g/mol. The van der Waals surface area contributed by atoms with Gasteiger partial charge < -0.3 is 10.3 Å². The summed E-state index contributed by atoms with van der Waals surface area (Å²) in [6.45, 7) is 2.86. The zero-order valence-corrected chi connectivity index (χ0v) is 11.9. The number of hydrogen-bond donors (Lipinski definition) is 2. The standard InChI is InChI=1S/C16H18N4O/c1-11-9-12-5-2-3-7-14(12)20(10-11)16(21)13-6-4-8-15(18-13)19-17/h2-8,11H,9-10,17H2,1H3,(H,18,19). The number of hydrogen-bond acceptors (Lipinski definition) is 4. The van der Waals surface area contributed by atoms with E-state index in [-0.39, 0.29) is 5.91 Å². The predicted octanol–water partition coefficient (Wildman–Crippen LogP) is 2.21. The van der Waals surface area contributed by atoms with Crippen molar-refractivity contribution in [3.05, 3.63) is 53.7 Å². The number of anilines is 2. The van der Waals surface area contributed by atoms with Crippen molar-refractivity contribution in [2.75, 3.05) is 16.9 Å². The molecule has 1 aliphatic rings. The van der Waals surface area contributed by atoms with Gasteiger partial charge in [-0.05, 0) is 36.1 Å². The van der Waals surface area contributed by atoms with Crippen LogP contribution in [0.25, 0.3) is 0 Å². The van der Waals surface area contributed by atoms with Crippen LogP contribution < -0.4 is 16.2 Å². The van der Waals surface area contributed by atoms with Crippen LogP contribution in [0.15, 0.2) is 42.5 Å². The van der Waals surface area contributed by atoms with Crippen LogP contribution in [-0.2, 0) is 6.42 Å². The number of nitrogens with two attached hydrogens (primary N) is 1. The molecule has 0 saturated heterocycles. The molecule has 1 atom stereocenters. The highest BCUT2D eigenvalue weighted by Crippen LogP contribution is 2.30. The van der Waals surface area contributed by atoms with Crippen molar-refractivity contribution in [2.45, 2.75) is 13.3 Å². The van der Waals surface area contributed by atoms with Gasteiger partial charge in [-0.25, -0.2) is 10.8 Å². The van der Waals surface area contributed by atoms with Crippen molar-refractivity contribution in [2.24, 2.45) is 11.8 Å². The van der Waals surface area contributed by atoms with E-state index in [4.69, 9.17) is 5.84 Å². The molecule has 0 fully saturated rings. The lowest BCUT2D eigenvalue weighted by molar-refractivity contribution is 0.0976. The Morgan fingerprint density at radius 3 is 2.90 bits per heavy atom. The summed E-state index contributed by atoms with van der Waals surface area (Å²) >= 11 is 0. The second-order valence-corrected chi connectivity index (χ2v) is 5.41. The van der Waals surface area contributed by atoms with Gasteiger partial charge in [0.1, 0.15) is 11.5 Å². The number of para-hydroxylation sites is 1. The molecule has 0 radical (unpaired) electrons. The number of nitrogens with zero attached hydrogens (tertiary/aromatic N) is 2. The molecule has 1 aromatic heterocycles. The number of nitrogen functional groups attached to an aromatic ring is 1. The maximum Gasteiger partial charge on any atom is 0.276 e. The average Bonchev–Trinajstić information content (AvgIpc) is 2.53. The van der Waals surface area contributed by atoms with Gasteiger partial charge in [0.15, 0.2) is 0 Å². The Balaban J connectivity index is 1.97. The number of amides is 1. The first-order valence-electron chi connectivity index (χ1n) is 7.02. The van der Waals surface area contributed by atoms with Crippen LogP contribution in [0.5, 0.6) is 0 Å². The topological polar surface area (TPSA) is 71.2 Å². The van der Waals surface area contributed by atoms with E-state index in [0.29, 0.717) is 24.0 Å². The van der Waals surface area contributed by atoms with Crippen LogP contribution in [0.4, 0.5) is 11.5 Å². The average molecular weight is 282 g/mol. The van der Waals surface area contributed by atoms with Crippen molar-refractivity contribution < 1.29 is 4.79 Å². The van der Waals surface area contributed by atoms with Gasteiger partial charge in [-0.1, -0.05) is 31.2 Å². The first-order valence-corrected chi connectivity index (χ1v) is 7.02. The third kappa shape index (κ3) is 2.60. The molecule has 3 rings (SSSR count). The number of carbonyl (C=O) groups excluding carboxylic acids is 1. The van der Waals surface area contributed by atoms with Crippen LogP contribution >= 0.6 is 0 Å². The van der Waals surface area contributed by atoms with E-state index in [2.05, 4.69) is 23.4 Å². The number of aromatic nitrogens is 1. The zero-order valence-electron chi connectivity index (χ0n) is 11.9. The molecule has 0 saturated carbocycles. The fourth-order valence-corrected chi connectivity index (χ4v) is 2.76. The molecule has 2 heterocycles. The van der Waals surface area contributed by atoms with Crippen LogP contribution in [0.2, 0.25) is 0 Å². The smallest absolute Gasteiger partial charge is 0.276 e. The fraction of sp³-hybridized carbons (Fsp3) is 0.250. The van der Waals surface area contributed by atoms with Crippen molar-refractivity contribution in [1.82, 2.24) is 4.98 Å². The monoisotopic (exact) mass is 282 g/mol. The Kier molecular flexibility index (Phi) is 3.58. The van der Waals surface area contributed by atoms with E-state index < -0.39 is 0 Å². The second-order valence-electron chi connectivity index (χ2n) is 5.41. The maximum absolute atomic E-state index is 12.8. The van der Waals surface area contributed by atoms with Gasteiger partial charge in [0.25, 0.3) is 5.91 Å². The van der Waals surface area contributed by atoms with E-state index in [1.165, 1.54) is 5.56 Å². The van der Waals surface area contributed by atoms with Gasteiger partial charge in [0.2, 0.25) is 0 Å². The summed E-state index contributed by atoms with van der Waals surface area (Å²) in [6, 6.07) is 13.3. The molecule has 21 heavy (non-hydrogen) atoms. The summed E-state index contributed by atoms with van der Waals surface area (Å²) in [4.78, 5) is 18.8. The Bertz CT molecular complexity index is 671. The van der Waals surface area contributed by atoms with Crippen molar-refractivity contribution in [3.8, 4) is 0 Å². The van der Waals surface area contributed by atoms with Crippen molar-refractivity contribution in [1.29, 1.82) is 0 Å². The molecule has 108 valence electrons. The molecule has 5 nitrogen and oxygen atoms in total. The van der Waals surface area contributed by atoms with Gasteiger partial charge in [-0.3, -0.25) is 4.79 Å². The molecule has 0 aliphatic carbocycles. The largest absolute Gasteiger partial charge is 0.308 e. The number of benzene rings is 1. The quantitative estimate of drug-likeness (QED) is 0.654. The zero-order chi connectivity index (χ0) is 14.8. The van der Waals surface area contributed by atoms with E-state index in [9.17, 15) is 4.79 Å². The molecule has 0 spiro atoms. The number of rotatable bonds is 2. The number of nitrogens with one attached hydrogen (secondary N) is 1. The molecule has 1 aliphatic heterocycles. The number of pyridine rings is 1. The molecule has 1 aromatic carbocycles. The van der Waals surface area contributed by atoms with Crippen molar-refractivity contribution >= 4 is 17.4 Å². The third-order valence-corrected chi connectivity index (χ3v) is 3.71. The molecular formula is C16H18N4O. The lowest BCUT2D eigenvalue weighted by atomic mass is 9.93. The Hall–Kier alpha value is -2.40. The number of hydrazine groups is 1. The summed E-state index contributed by atoms with van der Waals surface area (Å²) in [5, 5.41) is 0. The van der Waals surface area contributed by atoms with Gasteiger partial charge in [-0.2, -0.15) is 0 Å². The highest BCUT2D eigenvalue weighted by molar-refractivity contribution is 6.05. The lowest BCUT2D eigenvalue weighted by Gasteiger charge is -2.33. The first kappa shape index (κ1) is 13.6. The molecule has 0 bridgehead atoms. The SMILES string of the molecule is CC1Cc2ccccc2N(C(=O)c2cccc(NN)n2)C1. The summed E-state index contributed by atoms with van der Waals surface area (Å²) in [6.07, 6.45) is 0.998. The minimum atomic E-state index is -0.0916. The van der Waals surface area contributed by atoms with E-state index in [1.807, 2.05) is 23.1 Å². The van der Waals surface area contributed by atoms with Gasteiger partial charge in [0.05, 0.1) is 0 Å². The summed E-state index contributed by atoms with van der Waals surface area (Å²) in [5.41, 5.74) is 5.06. The van der Waals surface area contributed by atoms with Crippen LogP contribution in [0.1, 0.15) is 23.0 Å². The maximum atomic E-state index is 12.8. The minimum Gasteiger partial charge on any atom is -0.308 e. The molecule has 5 heteroatoms. The number of carbonyl (C=O) groups is 1. The van der Waals surface area contributed by atoms with Crippen LogP contribution in [-0.4, -0.2) is 17.4 Å². The minimum absolute atomic E-state index is 0.0916. The fourth-order valence-electron chi connectivity index (χ4n) is 2.76. The lowest BCUT2D eigenvalue weighted by Crippen LogP contribution is -2.39. The van der Waals surface area contributed by atoms with Gasteiger partial charge in [-0.15, -0.1) is 0 Å².